The minimum absolute atomic E-state index is 0.385. The maximum Gasteiger partial charge on any atom is 0.168 e. The molecule has 9 heteroatoms. The zero-order valence-corrected chi connectivity index (χ0v) is 12.6. The van der Waals surface area contributed by atoms with Gasteiger partial charge >= 0.3 is 0 Å². The fraction of sp³-hybridized carbons (Fsp3) is 0.643. The molecular weight excluding hydrogens is 302 g/mol. The van der Waals surface area contributed by atoms with Crippen LogP contribution < -0.4 is 5.32 Å². The van der Waals surface area contributed by atoms with Gasteiger partial charge in [0.25, 0.3) is 0 Å². The molecule has 4 rings (SSSR count). The Balaban J connectivity index is 1.74. The number of aliphatic hydroxyl groups excluding tert-OH is 2. The SMILES string of the molecule is C[C@@]1(O)[C@H](O)[C@@H](CO)O[C@H]1n1cnc2c(NC3CC3)ncnc21. The van der Waals surface area contributed by atoms with Crippen LogP contribution in [0.1, 0.15) is 26.0 Å². The number of rotatable bonds is 4. The molecule has 1 aliphatic carbocycles. The Kier molecular flexibility index (Phi) is 3.27. The molecule has 2 fully saturated rings. The van der Waals surface area contributed by atoms with E-state index in [-0.39, 0.29) is 6.61 Å². The van der Waals surface area contributed by atoms with E-state index >= 15 is 0 Å². The maximum absolute atomic E-state index is 10.6. The van der Waals surface area contributed by atoms with Crippen LogP contribution in [-0.4, -0.2) is 65.3 Å². The van der Waals surface area contributed by atoms with E-state index in [9.17, 15) is 15.3 Å². The van der Waals surface area contributed by atoms with Crippen molar-refractivity contribution in [1.29, 1.82) is 0 Å². The van der Waals surface area contributed by atoms with E-state index < -0.39 is 24.0 Å². The van der Waals surface area contributed by atoms with Crippen LogP contribution in [0, 0.1) is 0 Å². The normalized spacial score (nSPS) is 34.2. The second-order valence-corrected chi connectivity index (χ2v) is 6.35. The lowest BCUT2D eigenvalue weighted by Gasteiger charge is -2.27. The number of hydrogen-bond acceptors (Lipinski definition) is 8. The van der Waals surface area contributed by atoms with Gasteiger partial charge in [-0.1, -0.05) is 0 Å². The van der Waals surface area contributed by atoms with Crippen molar-refractivity contribution >= 4 is 17.0 Å². The van der Waals surface area contributed by atoms with Crippen LogP contribution in [0.2, 0.25) is 0 Å². The largest absolute Gasteiger partial charge is 0.394 e. The van der Waals surface area contributed by atoms with Gasteiger partial charge in [-0.25, -0.2) is 15.0 Å². The first kappa shape index (κ1) is 14.8. The average Bonchev–Trinajstić information content (AvgIpc) is 3.19. The van der Waals surface area contributed by atoms with Crippen molar-refractivity contribution < 1.29 is 20.1 Å². The number of ether oxygens (including phenoxy) is 1. The Morgan fingerprint density at radius 1 is 1.39 bits per heavy atom. The van der Waals surface area contributed by atoms with Crippen molar-refractivity contribution in [3.8, 4) is 0 Å². The second-order valence-electron chi connectivity index (χ2n) is 6.35. The Labute approximate surface area is 132 Å². The van der Waals surface area contributed by atoms with E-state index in [0.29, 0.717) is 23.0 Å². The van der Waals surface area contributed by atoms with Gasteiger partial charge in [0, 0.05) is 6.04 Å². The monoisotopic (exact) mass is 321 g/mol. The molecule has 23 heavy (non-hydrogen) atoms. The van der Waals surface area contributed by atoms with Crippen molar-refractivity contribution in [2.45, 2.75) is 49.8 Å². The molecule has 3 heterocycles. The Bertz CT molecular complexity index is 729. The van der Waals surface area contributed by atoms with E-state index in [1.165, 1.54) is 19.6 Å². The first-order valence-electron chi connectivity index (χ1n) is 7.63. The number of aliphatic hydroxyl groups is 3. The zero-order chi connectivity index (χ0) is 16.2. The molecule has 0 spiro atoms. The molecule has 124 valence electrons. The number of nitrogens with one attached hydrogen (secondary N) is 1. The number of nitrogens with zero attached hydrogens (tertiary/aromatic N) is 4. The van der Waals surface area contributed by atoms with Gasteiger partial charge in [-0.3, -0.25) is 4.57 Å². The van der Waals surface area contributed by atoms with Gasteiger partial charge in [0.1, 0.15) is 24.1 Å². The third-order valence-electron chi connectivity index (χ3n) is 4.46. The number of anilines is 1. The van der Waals surface area contributed by atoms with Crippen LogP contribution >= 0.6 is 0 Å². The third-order valence-corrected chi connectivity index (χ3v) is 4.46. The van der Waals surface area contributed by atoms with Crippen molar-refractivity contribution in [3.63, 3.8) is 0 Å². The maximum atomic E-state index is 10.6. The number of aromatic nitrogens is 4. The summed E-state index contributed by atoms with van der Waals surface area (Å²) >= 11 is 0. The summed E-state index contributed by atoms with van der Waals surface area (Å²) in [5, 5.41) is 33.3. The quantitative estimate of drug-likeness (QED) is 0.588. The van der Waals surface area contributed by atoms with Crippen LogP contribution in [0.25, 0.3) is 11.2 Å². The summed E-state index contributed by atoms with van der Waals surface area (Å²) in [6.07, 6.45) is 2.17. The molecule has 1 saturated heterocycles. The van der Waals surface area contributed by atoms with Crippen LogP contribution in [0.15, 0.2) is 12.7 Å². The highest BCUT2D eigenvalue weighted by Gasteiger charge is 2.53. The summed E-state index contributed by atoms with van der Waals surface area (Å²) in [5.41, 5.74) is -0.490. The van der Waals surface area contributed by atoms with E-state index in [2.05, 4.69) is 20.3 Å². The van der Waals surface area contributed by atoms with Crippen LogP contribution in [0.5, 0.6) is 0 Å². The smallest absolute Gasteiger partial charge is 0.168 e. The molecule has 9 nitrogen and oxygen atoms in total. The summed E-state index contributed by atoms with van der Waals surface area (Å²) in [6.45, 7) is 1.08. The Morgan fingerprint density at radius 2 is 2.17 bits per heavy atom. The second kappa shape index (κ2) is 5.10. The fourth-order valence-corrected chi connectivity index (χ4v) is 2.94. The molecule has 4 atom stereocenters. The highest BCUT2D eigenvalue weighted by atomic mass is 16.6. The molecule has 2 aromatic heterocycles. The molecule has 0 unspecified atom stereocenters. The van der Waals surface area contributed by atoms with Gasteiger partial charge in [-0.05, 0) is 19.8 Å². The van der Waals surface area contributed by atoms with Crippen LogP contribution in [-0.2, 0) is 4.74 Å². The zero-order valence-electron chi connectivity index (χ0n) is 12.6. The van der Waals surface area contributed by atoms with Crippen LogP contribution in [0.4, 0.5) is 5.82 Å². The lowest BCUT2D eigenvalue weighted by atomic mass is 9.96. The molecule has 2 aliphatic rings. The lowest BCUT2D eigenvalue weighted by molar-refractivity contribution is -0.0950. The average molecular weight is 321 g/mol. The summed E-state index contributed by atoms with van der Waals surface area (Å²) in [4.78, 5) is 12.8. The Morgan fingerprint density at radius 3 is 2.83 bits per heavy atom. The van der Waals surface area contributed by atoms with Gasteiger partial charge in [0.2, 0.25) is 0 Å². The van der Waals surface area contributed by atoms with E-state index in [0.717, 1.165) is 12.8 Å². The predicted molar refractivity (Wildman–Crippen MR) is 79.6 cm³/mol. The number of imidazole rings is 1. The molecule has 1 saturated carbocycles. The van der Waals surface area contributed by atoms with Crippen molar-refractivity contribution in [2.24, 2.45) is 0 Å². The first-order valence-corrected chi connectivity index (χ1v) is 7.63. The van der Waals surface area contributed by atoms with Gasteiger partial charge in [0.05, 0.1) is 12.9 Å². The number of hydrogen-bond donors (Lipinski definition) is 4. The van der Waals surface area contributed by atoms with Crippen molar-refractivity contribution in [2.75, 3.05) is 11.9 Å². The van der Waals surface area contributed by atoms with Crippen molar-refractivity contribution in [1.82, 2.24) is 19.5 Å². The topological polar surface area (TPSA) is 126 Å². The highest BCUT2D eigenvalue weighted by molar-refractivity contribution is 5.83. The minimum atomic E-state index is -1.57. The van der Waals surface area contributed by atoms with Gasteiger partial charge < -0.3 is 25.4 Å². The van der Waals surface area contributed by atoms with E-state index in [1.54, 1.807) is 4.57 Å². The molecule has 0 aromatic carbocycles. The van der Waals surface area contributed by atoms with E-state index in [1.807, 2.05) is 0 Å². The lowest BCUT2D eigenvalue weighted by Crippen LogP contribution is -2.44. The Hall–Kier alpha value is -1.81. The highest BCUT2D eigenvalue weighted by Crippen LogP contribution is 2.39. The standard InChI is InChI=1S/C14H19N5O4/c1-14(22)10(21)8(4-20)23-13(14)19-6-17-9-11(18-7-2-3-7)15-5-16-12(9)19/h5-8,10,13,20-22H,2-4H2,1H3,(H,15,16,18)/t8-,10-,13-,14-/m1/s1. The first-order chi connectivity index (χ1) is 11.0. The van der Waals surface area contributed by atoms with Gasteiger partial charge in [0.15, 0.2) is 23.2 Å². The predicted octanol–water partition coefficient (Wildman–Crippen LogP) is -0.598. The molecule has 0 amide bonds. The summed E-state index contributed by atoms with van der Waals surface area (Å²) < 4.78 is 7.18. The van der Waals surface area contributed by atoms with Gasteiger partial charge in [-0.15, -0.1) is 0 Å². The van der Waals surface area contributed by atoms with Crippen molar-refractivity contribution in [3.05, 3.63) is 12.7 Å². The fourth-order valence-electron chi connectivity index (χ4n) is 2.94. The summed E-state index contributed by atoms with van der Waals surface area (Å²) in [7, 11) is 0. The van der Waals surface area contributed by atoms with Gasteiger partial charge in [-0.2, -0.15) is 0 Å². The molecule has 0 radical (unpaired) electrons. The molecule has 2 aromatic rings. The summed E-state index contributed by atoms with van der Waals surface area (Å²) in [6, 6.07) is 0.421. The summed E-state index contributed by atoms with van der Waals surface area (Å²) in [5.74, 6) is 0.646. The molecule has 4 N–H and O–H groups in total. The van der Waals surface area contributed by atoms with E-state index in [4.69, 9.17) is 4.74 Å². The molecular formula is C14H19N5O4. The number of fused-ring (bicyclic) bond motifs is 1. The third kappa shape index (κ3) is 2.27. The minimum Gasteiger partial charge on any atom is -0.394 e. The molecule has 1 aliphatic heterocycles. The molecule has 0 bridgehead atoms. The van der Waals surface area contributed by atoms with Crippen LogP contribution in [0.3, 0.4) is 0 Å².